The zero-order chi connectivity index (χ0) is 21.3. The van der Waals surface area contributed by atoms with Crippen molar-refractivity contribution in [1.82, 2.24) is 0 Å². The first-order chi connectivity index (χ1) is 14.6. The van der Waals surface area contributed by atoms with Gasteiger partial charge in [0, 0.05) is 5.56 Å². The number of carbonyl (C=O) groups is 1. The van der Waals surface area contributed by atoms with Crippen molar-refractivity contribution < 1.29 is 23.0 Å². The van der Waals surface area contributed by atoms with Crippen LogP contribution in [-0.2, 0) is 4.79 Å². The Morgan fingerprint density at radius 2 is 1.57 bits per heavy atom. The summed E-state index contributed by atoms with van der Waals surface area (Å²) in [6.07, 6.45) is 1.19. The molecule has 3 rings (SSSR count). The third-order valence-electron chi connectivity index (χ3n) is 3.91. The highest BCUT2D eigenvalue weighted by Crippen LogP contribution is 2.30. The summed E-state index contributed by atoms with van der Waals surface area (Å²) >= 11 is 0. The van der Waals surface area contributed by atoms with Crippen LogP contribution in [0.4, 0.5) is 14.5 Å². The molecule has 3 aromatic carbocycles. The van der Waals surface area contributed by atoms with Gasteiger partial charge >= 0.3 is 6.61 Å². The van der Waals surface area contributed by atoms with E-state index in [1.807, 2.05) is 18.2 Å². The van der Waals surface area contributed by atoms with Crippen molar-refractivity contribution in [3.05, 3.63) is 90.0 Å². The third kappa shape index (κ3) is 5.42. The lowest BCUT2D eigenvalue weighted by Gasteiger charge is -2.12. The van der Waals surface area contributed by atoms with E-state index < -0.39 is 12.5 Å². The highest BCUT2D eigenvalue weighted by atomic mass is 19.3. The van der Waals surface area contributed by atoms with E-state index in [0.29, 0.717) is 17.2 Å². The molecule has 0 saturated carbocycles. The second-order valence-corrected chi connectivity index (χ2v) is 5.95. The molecule has 5 nitrogen and oxygen atoms in total. The molecule has 30 heavy (non-hydrogen) atoms. The van der Waals surface area contributed by atoms with Crippen LogP contribution in [0.3, 0.4) is 0 Å². The Morgan fingerprint density at radius 3 is 2.27 bits per heavy atom. The smallest absolute Gasteiger partial charge is 0.387 e. The Bertz CT molecular complexity index is 1090. The molecule has 0 fully saturated rings. The number of hydrogen-bond acceptors (Lipinski definition) is 4. The minimum Gasteiger partial charge on any atom is -0.455 e. The van der Waals surface area contributed by atoms with Crippen molar-refractivity contribution in [1.29, 1.82) is 5.26 Å². The molecule has 3 aromatic rings. The van der Waals surface area contributed by atoms with E-state index in [-0.39, 0.29) is 16.9 Å². The molecule has 0 aliphatic carbocycles. The van der Waals surface area contributed by atoms with Gasteiger partial charge in [-0.1, -0.05) is 48.5 Å². The minimum atomic E-state index is -3.03. The van der Waals surface area contributed by atoms with Gasteiger partial charge in [-0.2, -0.15) is 14.0 Å². The molecule has 0 bridgehead atoms. The van der Waals surface area contributed by atoms with Crippen molar-refractivity contribution in [2.24, 2.45) is 0 Å². The van der Waals surface area contributed by atoms with Gasteiger partial charge < -0.3 is 14.8 Å². The Balaban J connectivity index is 1.84. The number of hydrogen-bond donors (Lipinski definition) is 1. The number of alkyl halides is 2. The fraction of sp³-hybridized carbons (Fsp3) is 0.0435. The Morgan fingerprint density at radius 1 is 0.933 bits per heavy atom. The summed E-state index contributed by atoms with van der Waals surface area (Å²) in [7, 11) is 0. The molecule has 0 spiro atoms. The van der Waals surface area contributed by atoms with Gasteiger partial charge in [-0.3, -0.25) is 4.79 Å². The second-order valence-electron chi connectivity index (χ2n) is 5.95. The van der Waals surface area contributed by atoms with E-state index in [0.717, 1.165) is 0 Å². The van der Waals surface area contributed by atoms with E-state index in [1.54, 1.807) is 48.5 Å². The van der Waals surface area contributed by atoms with Crippen LogP contribution >= 0.6 is 0 Å². The fourth-order valence-electron chi connectivity index (χ4n) is 2.57. The standard InChI is InChI=1S/C23H16F2N2O3/c24-23(25)30-20-12-6-4-8-16(20)14-17(15-26)22(28)27-19-11-5-7-13-21(19)29-18-9-2-1-3-10-18/h1-14,23H,(H,27,28). The van der Waals surface area contributed by atoms with Crippen LogP contribution in [0, 0.1) is 11.3 Å². The first-order valence-corrected chi connectivity index (χ1v) is 8.85. The number of anilines is 1. The van der Waals surface area contributed by atoms with E-state index in [2.05, 4.69) is 10.1 Å². The summed E-state index contributed by atoms with van der Waals surface area (Å²) in [4.78, 5) is 12.6. The summed E-state index contributed by atoms with van der Waals surface area (Å²) in [6, 6.07) is 23.4. The molecule has 0 aliphatic heterocycles. The Hall–Kier alpha value is -4.18. The van der Waals surface area contributed by atoms with Crippen LogP contribution in [0.15, 0.2) is 84.4 Å². The van der Waals surface area contributed by atoms with Crippen LogP contribution in [0.1, 0.15) is 5.56 Å². The molecule has 1 amide bonds. The Labute approximate surface area is 171 Å². The lowest BCUT2D eigenvalue weighted by molar-refractivity contribution is -0.112. The zero-order valence-corrected chi connectivity index (χ0v) is 15.6. The first-order valence-electron chi connectivity index (χ1n) is 8.85. The highest BCUT2D eigenvalue weighted by molar-refractivity contribution is 6.10. The number of nitrogens with zero attached hydrogens (tertiary/aromatic N) is 1. The lowest BCUT2D eigenvalue weighted by atomic mass is 10.1. The fourth-order valence-corrected chi connectivity index (χ4v) is 2.57. The predicted molar refractivity (Wildman–Crippen MR) is 108 cm³/mol. The minimum absolute atomic E-state index is 0.138. The van der Waals surface area contributed by atoms with Crippen molar-refractivity contribution in [2.45, 2.75) is 6.61 Å². The quantitative estimate of drug-likeness (QED) is 0.408. The van der Waals surface area contributed by atoms with Gasteiger partial charge in [0.2, 0.25) is 0 Å². The van der Waals surface area contributed by atoms with Crippen LogP contribution in [0.25, 0.3) is 6.08 Å². The van der Waals surface area contributed by atoms with Gasteiger partial charge in [0.05, 0.1) is 5.69 Å². The van der Waals surface area contributed by atoms with Crippen molar-refractivity contribution in [3.63, 3.8) is 0 Å². The predicted octanol–water partition coefficient (Wildman–Crippen LogP) is 5.63. The molecule has 7 heteroatoms. The number of carbonyl (C=O) groups excluding carboxylic acids is 1. The molecule has 0 aromatic heterocycles. The van der Waals surface area contributed by atoms with Gasteiger partial charge in [0.25, 0.3) is 5.91 Å². The van der Waals surface area contributed by atoms with Crippen LogP contribution < -0.4 is 14.8 Å². The molecule has 0 atom stereocenters. The number of nitriles is 1. The molecule has 0 heterocycles. The highest BCUT2D eigenvalue weighted by Gasteiger charge is 2.15. The SMILES string of the molecule is N#CC(=Cc1ccccc1OC(F)F)C(=O)Nc1ccccc1Oc1ccccc1. The number of para-hydroxylation sites is 4. The van der Waals surface area contributed by atoms with E-state index in [4.69, 9.17) is 4.74 Å². The largest absolute Gasteiger partial charge is 0.455 e. The molecule has 150 valence electrons. The van der Waals surface area contributed by atoms with Gasteiger partial charge in [0.1, 0.15) is 23.1 Å². The molecule has 1 N–H and O–H groups in total. The van der Waals surface area contributed by atoms with Gasteiger partial charge in [0.15, 0.2) is 5.75 Å². The molecular weight excluding hydrogens is 390 g/mol. The average Bonchev–Trinajstić information content (AvgIpc) is 2.75. The van der Waals surface area contributed by atoms with E-state index >= 15 is 0 Å². The third-order valence-corrected chi connectivity index (χ3v) is 3.91. The zero-order valence-electron chi connectivity index (χ0n) is 15.6. The lowest BCUT2D eigenvalue weighted by Crippen LogP contribution is -2.14. The van der Waals surface area contributed by atoms with Gasteiger partial charge in [-0.25, -0.2) is 0 Å². The van der Waals surface area contributed by atoms with Crippen molar-refractivity contribution >= 4 is 17.7 Å². The van der Waals surface area contributed by atoms with Gasteiger partial charge in [-0.15, -0.1) is 0 Å². The van der Waals surface area contributed by atoms with Crippen LogP contribution in [-0.4, -0.2) is 12.5 Å². The summed E-state index contributed by atoms with van der Waals surface area (Å²) in [5, 5.41) is 12.0. The Kier molecular flexibility index (Phi) is 6.74. The number of amides is 1. The number of halogens is 2. The van der Waals surface area contributed by atoms with Crippen LogP contribution in [0.2, 0.25) is 0 Å². The topological polar surface area (TPSA) is 71.3 Å². The average molecular weight is 406 g/mol. The van der Waals surface area contributed by atoms with E-state index in [1.165, 1.54) is 24.3 Å². The van der Waals surface area contributed by atoms with Gasteiger partial charge in [-0.05, 0) is 36.4 Å². The number of nitrogens with one attached hydrogen (secondary N) is 1. The molecular formula is C23H16F2N2O3. The van der Waals surface area contributed by atoms with Crippen LogP contribution in [0.5, 0.6) is 17.2 Å². The van der Waals surface area contributed by atoms with Crippen molar-refractivity contribution in [2.75, 3.05) is 5.32 Å². The molecule has 0 saturated heterocycles. The molecule has 0 unspecified atom stereocenters. The van der Waals surface area contributed by atoms with Crippen molar-refractivity contribution in [3.8, 4) is 23.3 Å². The summed E-state index contributed by atoms with van der Waals surface area (Å²) in [6.45, 7) is -3.03. The monoisotopic (exact) mass is 406 g/mol. The molecule has 0 radical (unpaired) electrons. The summed E-state index contributed by atoms with van der Waals surface area (Å²) in [5.74, 6) is 0.110. The normalized spacial score (nSPS) is 10.9. The van der Waals surface area contributed by atoms with E-state index in [9.17, 15) is 18.8 Å². The number of rotatable bonds is 7. The molecule has 0 aliphatic rings. The number of ether oxygens (including phenoxy) is 2. The first kappa shape index (κ1) is 20.6. The summed E-state index contributed by atoms with van der Waals surface area (Å²) in [5.41, 5.74) is 0.248. The second kappa shape index (κ2) is 9.85. The maximum Gasteiger partial charge on any atom is 0.387 e. The summed E-state index contributed by atoms with van der Waals surface area (Å²) < 4.78 is 35.4. The number of benzene rings is 3. The maximum absolute atomic E-state index is 12.6. The maximum atomic E-state index is 12.6.